The summed E-state index contributed by atoms with van der Waals surface area (Å²) in [4.78, 5) is 2.22. The summed E-state index contributed by atoms with van der Waals surface area (Å²) in [5, 5.41) is 0. The first-order chi connectivity index (χ1) is 5.00. The summed E-state index contributed by atoms with van der Waals surface area (Å²) in [6, 6.07) is 0.574. The summed E-state index contributed by atoms with van der Waals surface area (Å²) in [5.74, 6) is 0.579. The molecule has 0 saturated heterocycles. The molecule has 0 saturated carbocycles. The highest BCUT2D eigenvalue weighted by Gasteiger charge is 2.19. The summed E-state index contributed by atoms with van der Waals surface area (Å²) in [5.41, 5.74) is 0. The van der Waals surface area contributed by atoms with Gasteiger partial charge in [0.25, 0.3) is 0 Å². The lowest BCUT2D eigenvalue weighted by atomic mass is 9.97. The molecule has 0 aromatic carbocycles. The minimum absolute atomic E-state index is 0.340. The molecule has 11 heavy (non-hydrogen) atoms. The van der Waals surface area contributed by atoms with E-state index in [1.165, 1.54) is 0 Å². The third-order valence-corrected chi connectivity index (χ3v) is 2.69. The molecule has 0 aliphatic rings. The maximum Gasteiger partial charge on any atom is 0.0583 e. The molecule has 0 amide bonds. The Morgan fingerprint density at radius 1 is 1.09 bits per heavy atom. The van der Waals surface area contributed by atoms with E-state index in [4.69, 9.17) is 4.74 Å². The van der Waals surface area contributed by atoms with Crippen LogP contribution in [0.5, 0.6) is 0 Å². The molecule has 0 aromatic rings. The minimum Gasteiger partial charge on any atom is -0.381 e. The molecule has 0 heterocycles. The molecule has 0 bridgehead atoms. The van der Waals surface area contributed by atoms with Crippen molar-refractivity contribution in [2.24, 2.45) is 5.92 Å². The van der Waals surface area contributed by atoms with Crippen molar-refractivity contribution in [2.75, 3.05) is 21.2 Å². The van der Waals surface area contributed by atoms with Crippen LogP contribution in [-0.2, 0) is 4.74 Å². The van der Waals surface area contributed by atoms with Gasteiger partial charge in [-0.2, -0.15) is 0 Å². The fraction of sp³-hybridized carbons (Fsp3) is 1.00. The van der Waals surface area contributed by atoms with E-state index >= 15 is 0 Å². The molecule has 0 rings (SSSR count). The van der Waals surface area contributed by atoms with E-state index in [2.05, 4.69) is 39.8 Å². The third kappa shape index (κ3) is 3.21. The predicted octanol–water partition coefficient (Wildman–Crippen LogP) is 1.61. The lowest BCUT2D eigenvalue weighted by molar-refractivity contribution is 0.0413. The van der Waals surface area contributed by atoms with E-state index in [0.717, 1.165) is 0 Å². The van der Waals surface area contributed by atoms with Crippen LogP contribution < -0.4 is 0 Å². The number of methoxy groups -OCH3 is 1. The van der Waals surface area contributed by atoms with Gasteiger partial charge in [0, 0.05) is 13.2 Å². The van der Waals surface area contributed by atoms with E-state index in [-0.39, 0.29) is 0 Å². The van der Waals surface area contributed by atoms with Crippen LogP contribution in [0.25, 0.3) is 0 Å². The molecule has 2 nitrogen and oxygen atoms in total. The van der Waals surface area contributed by atoms with Crippen molar-refractivity contribution in [1.82, 2.24) is 4.90 Å². The molecule has 0 spiro atoms. The summed E-state index contributed by atoms with van der Waals surface area (Å²) in [6.45, 7) is 6.56. The Bertz CT molecular complexity index is 104. The van der Waals surface area contributed by atoms with Gasteiger partial charge in [0.05, 0.1) is 6.10 Å². The maximum absolute atomic E-state index is 5.26. The molecule has 0 aromatic heterocycles. The number of hydrogen-bond donors (Lipinski definition) is 0. The van der Waals surface area contributed by atoms with Crippen molar-refractivity contribution in [1.29, 1.82) is 0 Å². The topological polar surface area (TPSA) is 12.5 Å². The van der Waals surface area contributed by atoms with Gasteiger partial charge in [0.2, 0.25) is 0 Å². The summed E-state index contributed by atoms with van der Waals surface area (Å²) in [6.07, 6.45) is 0.340. The largest absolute Gasteiger partial charge is 0.381 e. The van der Waals surface area contributed by atoms with Gasteiger partial charge in [-0.05, 0) is 33.9 Å². The van der Waals surface area contributed by atoms with Crippen LogP contribution in [0, 0.1) is 5.92 Å². The van der Waals surface area contributed by atoms with Gasteiger partial charge < -0.3 is 9.64 Å². The fourth-order valence-corrected chi connectivity index (χ4v) is 1.08. The van der Waals surface area contributed by atoms with E-state index < -0.39 is 0 Å². The van der Waals surface area contributed by atoms with Crippen LogP contribution in [0.3, 0.4) is 0 Å². The van der Waals surface area contributed by atoms with Crippen LogP contribution in [-0.4, -0.2) is 38.3 Å². The zero-order valence-electron chi connectivity index (χ0n) is 8.59. The highest BCUT2D eigenvalue weighted by molar-refractivity contribution is 4.72. The zero-order valence-corrected chi connectivity index (χ0v) is 8.59. The molecule has 0 aliphatic heterocycles. The summed E-state index contributed by atoms with van der Waals surface area (Å²) in [7, 11) is 5.97. The molecule has 0 N–H and O–H groups in total. The van der Waals surface area contributed by atoms with Gasteiger partial charge in [0.15, 0.2) is 0 Å². The monoisotopic (exact) mass is 159 g/mol. The van der Waals surface area contributed by atoms with Crippen molar-refractivity contribution < 1.29 is 4.74 Å². The number of rotatable bonds is 4. The second-order valence-corrected chi connectivity index (χ2v) is 3.50. The van der Waals surface area contributed by atoms with Gasteiger partial charge in [-0.25, -0.2) is 0 Å². The van der Waals surface area contributed by atoms with Crippen LogP contribution in [0.15, 0.2) is 0 Å². The van der Waals surface area contributed by atoms with Crippen LogP contribution in [0.1, 0.15) is 20.8 Å². The minimum atomic E-state index is 0.340. The molecular weight excluding hydrogens is 138 g/mol. The van der Waals surface area contributed by atoms with Crippen LogP contribution >= 0.6 is 0 Å². The molecular formula is C9H21NO. The first-order valence-corrected chi connectivity index (χ1v) is 4.20. The SMILES string of the molecule is COC(C)C(C)C(C)N(C)C. The molecule has 2 heteroatoms. The fourth-order valence-electron chi connectivity index (χ4n) is 1.08. The molecule has 68 valence electrons. The van der Waals surface area contributed by atoms with Crippen molar-refractivity contribution in [3.05, 3.63) is 0 Å². The lowest BCUT2D eigenvalue weighted by Gasteiger charge is -2.29. The summed E-state index contributed by atoms with van der Waals surface area (Å²) >= 11 is 0. The summed E-state index contributed by atoms with van der Waals surface area (Å²) < 4.78 is 5.26. The van der Waals surface area contributed by atoms with E-state index in [1.807, 2.05) is 0 Å². The van der Waals surface area contributed by atoms with Gasteiger partial charge >= 0.3 is 0 Å². The Labute approximate surface area is 70.5 Å². The predicted molar refractivity (Wildman–Crippen MR) is 48.8 cm³/mol. The van der Waals surface area contributed by atoms with E-state index in [9.17, 15) is 0 Å². The average Bonchev–Trinajstić information content (AvgIpc) is 2.00. The van der Waals surface area contributed by atoms with Crippen molar-refractivity contribution in [3.8, 4) is 0 Å². The van der Waals surface area contributed by atoms with Gasteiger partial charge in [-0.15, -0.1) is 0 Å². The zero-order chi connectivity index (χ0) is 9.02. The number of nitrogens with zero attached hydrogens (tertiary/aromatic N) is 1. The Morgan fingerprint density at radius 2 is 1.55 bits per heavy atom. The average molecular weight is 159 g/mol. The molecule has 0 aliphatic carbocycles. The third-order valence-electron chi connectivity index (χ3n) is 2.69. The van der Waals surface area contributed by atoms with Crippen molar-refractivity contribution in [3.63, 3.8) is 0 Å². The number of ether oxygens (including phenoxy) is 1. The standard InChI is InChI=1S/C9H21NO/c1-7(9(3)11-6)8(2)10(4)5/h7-9H,1-6H3. The molecule has 3 atom stereocenters. The smallest absolute Gasteiger partial charge is 0.0583 e. The highest BCUT2D eigenvalue weighted by atomic mass is 16.5. The Balaban J connectivity index is 3.90. The van der Waals surface area contributed by atoms with Gasteiger partial charge in [-0.3, -0.25) is 0 Å². The van der Waals surface area contributed by atoms with Gasteiger partial charge in [0.1, 0.15) is 0 Å². The van der Waals surface area contributed by atoms with Crippen LogP contribution in [0.2, 0.25) is 0 Å². The normalized spacial score (nSPS) is 19.9. The Hall–Kier alpha value is -0.0800. The highest BCUT2D eigenvalue weighted by Crippen LogP contribution is 2.13. The van der Waals surface area contributed by atoms with E-state index in [1.54, 1.807) is 7.11 Å². The van der Waals surface area contributed by atoms with Crippen molar-refractivity contribution >= 4 is 0 Å². The molecule has 0 radical (unpaired) electrons. The Morgan fingerprint density at radius 3 is 1.82 bits per heavy atom. The van der Waals surface area contributed by atoms with Gasteiger partial charge in [-0.1, -0.05) is 6.92 Å². The number of hydrogen-bond acceptors (Lipinski definition) is 2. The maximum atomic E-state index is 5.26. The second-order valence-electron chi connectivity index (χ2n) is 3.50. The Kier molecular flexibility index (Phi) is 4.69. The quantitative estimate of drug-likeness (QED) is 0.618. The first-order valence-electron chi connectivity index (χ1n) is 4.20. The molecule has 0 fully saturated rings. The molecule has 3 unspecified atom stereocenters. The van der Waals surface area contributed by atoms with E-state index in [0.29, 0.717) is 18.1 Å². The first kappa shape index (κ1) is 10.9. The lowest BCUT2D eigenvalue weighted by Crippen LogP contribution is -2.36. The second kappa shape index (κ2) is 4.73. The van der Waals surface area contributed by atoms with Crippen molar-refractivity contribution in [2.45, 2.75) is 32.9 Å². The van der Waals surface area contributed by atoms with Crippen LogP contribution in [0.4, 0.5) is 0 Å².